The van der Waals surface area contributed by atoms with E-state index in [9.17, 15) is 18.0 Å². The molecule has 0 aliphatic rings. The van der Waals surface area contributed by atoms with Crippen LogP contribution in [0.25, 0.3) is 11.3 Å². The van der Waals surface area contributed by atoms with Gasteiger partial charge >= 0.3 is 6.18 Å². The van der Waals surface area contributed by atoms with Crippen LogP contribution in [0.5, 0.6) is 0 Å². The fraction of sp³-hybridized carbons (Fsp3) is 0.125. The Morgan fingerprint density at radius 2 is 1.80 bits per heavy atom. The number of hydrogen-bond acceptors (Lipinski definition) is 4. The van der Waals surface area contributed by atoms with E-state index in [0.29, 0.717) is 11.4 Å². The van der Waals surface area contributed by atoms with Gasteiger partial charge in [-0.1, -0.05) is 30.3 Å². The van der Waals surface area contributed by atoms with E-state index < -0.39 is 23.9 Å². The minimum absolute atomic E-state index is 0.220. The van der Waals surface area contributed by atoms with Crippen molar-refractivity contribution in [3.63, 3.8) is 0 Å². The lowest BCUT2D eigenvalue weighted by molar-refractivity contribution is -0.144. The third kappa shape index (κ3) is 3.65. The third-order valence-corrected chi connectivity index (χ3v) is 3.38. The number of rotatable bonds is 3. The summed E-state index contributed by atoms with van der Waals surface area (Å²) in [5.41, 5.74) is 2.23. The lowest BCUT2D eigenvalue weighted by Crippen LogP contribution is -2.15. The van der Waals surface area contributed by atoms with Crippen LogP contribution in [0.2, 0.25) is 0 Å². The van der Waals surface area contributed by atoms with Gasteiger partial charge in [-0.25, -0.2) is 0 Å². The number of carbonyl (C=O) groups is 1. The summed E-state index contributed by atoms with van der Waals surface area (Å²) in [5.74, 6) is -2.38. The fourth-order valence-corrected chi connectivity index (χ4v) is 2.18. The molecule has 0 saturated carbocycles. The minimum atomic E-state index is -4.66. The van der Waals surface area contributed by atoms with Crippen molar-refractivity contribution in [2.24, 2.45) is 0 Å². The van der Waals surface area contributed by atoms with Crippen LogP contribution in [0.1, 0.15) is 21.9 Å². The van der Waals surface area contributed by atoms with Gasteiger partial charge in [0.2, 0.25) is 11.8 Å². The van der Waals surface area contributed by atoms with E-state index in [4.69, 9.17) is 0 Å². The molecule has 0 bridgehead atoms. The average Bonchev–Trinajstić information content (AvgIpc) is 3.04. The minimum Gasteiger partial charge on any atom is -0.289 e. The van der Waals surface area contributed by atoms with Gasteiger partial charge in [-0.15, -0.1) is 5.10 Å². The summed E-state index contributed by atoms with van der Waals surface area (Å²) in [6.45, 7) is 1.64. The van der Waals surface area contributed by atoms with Gasteiger partial charge in [-0.05, 0) is 19.1 Å². The molecule has 0 atom stereocenters. The number of H-pyrrole nitrogens is 1. The van der Waals surface area contributed by atoms with Crippen molar-refractivity contribution in [2.45, 2.75) is 13.1 Å². The molecule has 9 heteroatoms. The SMILES string of the molecule is Cc1nc(-c2ccccc2)ccc1C(=O)Nc1n[nH]c(C(F)(F)F)n1. The Morgan fingerprint density at radius 3 is 2.40 bits per heavy atom. The first-order valence-electron chi connectivity index (χ1n) is 7.18. The van der Waals surface area contributed by atoms with E-state index in [1.807, 2.05) is 30.3 Å². The molecule has 128 valence electrons. The summed E-state index contributed by atoms with van der Waals surface area (Å²) in [6, 6.07) is 12.6. The number of nitrogens with one attached hydrogen (secondary N) is 2. The molecule has 2 heterocycles. The number of pyridine rings is 1. The molecule has 1 aromatic carbocycles. The van der Waals surface area contributed by atoms with Gasteiger partial charge in [0.05, 0.1) is 17.0 Å². The molecule has 3 aromatic rings. The van der Waals surface area contributed by atoms with Crippen molar-refractivity contribution in [1.29, 1.82) is 0 Å². The Labute approximate surface area is 140 Å². The summed E-state index contributed by atoms with van der Waals surface area (Å²) in [7, 11) is 0. The smallest absolute Gasteiger partial charge is 0.289 e. The number of carbonyl (C=O) groups excluding carboxylic acids is 1. The van der Waals surface area contributed by atoms with Gasteiger partial charge in [-0.3, -0.25) is 20.2 Å². The monoisotopic (exact) mass is 347 g/mol. The van der Waals surface area contributed by atoms with E-state index in [2.05, 4.69) is 20.4 Å². The first kappa shape index (κ1) is 16.6. The predicted octanol–water partition coefficient (Wildman–Crippen LogP) is 3.45. The van der Waals surface area contributed by atoms with Crippen molar-refractivity contribution in [3.8, 4) is 11.3 Å². The number of aromatic nitrogens is 4. The number of nitrogens with zero attached hydrogens (tertiary/aromatic N) is 3. The number of halogens is 3. The van der Waals surface area contributed by atoms with E-state index in [-0.39, 0.29) is 5.56 Å². The summed E-state index contributed by atoms with van der Waals surface area (Å²) in [5, 5.41) is 7.28. The topological polar surface area (TPSA) is 83.6 Å². The quantitative estimate of drug-likeness (QED) is 0.760. The van der Waals surface area contributed by atoms with Gasteiger partial charge < -0.3 is 0 Å². The number of amides is 1. The fourth-order valence-electron chi connectivity index (χ4n) is 2.18. The zero-order valence-corrected chi connectivity index (χ0v) is 12.9. The number of hydrogen-bond donors (Lipinski definition) is 2. The molecule has 0 aliphatic heterocycles. The Morgan fingerprint density at radius 1 is 1.08 bits per heavy atom. The van der Waals surface area contributed by atoms with Crippen LogP contribution in [0.3, 0.4) is 0 Å². The van der Waals surface area contributed by atoms with Crippen LogP contribution < -0.4 is 5.32 Å². The molecule has 0 spiro atoms. The average molecular weight is 347 g/mol. The van der Waals surface area contributed by atoms with Gasteiger partial charge in [0.25, 0.3) is 5.91 Å². The number of aromatic amines is 1. The Bertz CT molecular complexity index is 906. The number of alkyl halides is 3. The van der Waals surface area contributed by atoms with Crippen LogP contribution >= 0.6 is 0 Å². The van der Waals surface area contributed by atoms with Crippen LogP contribution in [0.4, 0.5) is 19.1 Å². The highest BCUT2D eigenvalue weighted by Crippen LogP contribution is 2.26. The summed E-state index contributed by atoms with van der Waals surface area (Å²) in [4.78, 5) is 19.8. The van der Waals surface area contributed by atoms with Crippen molar-refractivity contribution < 1.29 is 18.0 Å². The van der Waals surface area contributed by atoms with Crippen molar-refractivity contribution in [2.75, 3.05) is 5.32 Å². The maximum absolute atomic E-state index is 12.5. The third-order valence-electron chi connectivity index (χ3n) is 3.38. The van der Waals surface area contributed by atoms with Gasteiger partial charge in [0.1, 0.15) is 0 Å². The molecule has 2 N–H and O–H groups in total. The molecule has 25 heavy (non-hydrogen) atoms. The van der Waals surface area contributed by atoms with Gasteiger partial charge in [0.15, 0.2) is 0 Å². The van der Waals surface area contributed by atoms with Crippen molar-refractivity contribution in [3.05, 3.63) is 59.5 Å². The molecule has 6 nitrogen and oxygen atoms in total. The standard InChI is InChI=1S/C16H12F3N5O/c1-9-11(7-8-12(20-9)10-5-3-2-4-6-10)13(25)21-15-22-14(23-24-15)16(17,18)19/h2-8H,1H3,(H2,21,22,23,24,25). The largest absolute Gasteiger partial charge is 0.451 e. The summed E-state index contributed by atoms with van der Waals surface area (Å²) < 4.78 is 37.4. The van der Waals surface area contributed by atoms with Crippen molar-refractivity contribution in [1.82, 2.24) is 20.2 Å². The molecule has 0 saturated heterocycles. The predicted molar refractivity (Wildman–Crippen MR) is 83.7 cm³/mol. The Hall–Kier alpha value is -3.23. The van der Waals surface area contributed by atoms with E-state index in [1.165, 1.54) is 0 Å². The number of benzene rings is 1. The zero-order valence-electron chi connectivity index (χ0n) is 12.9. The van der Waals surface area contributed by atoms with Crippen LogP contribution in [0, 0.1) is 6.92 Å². The van der Waals surface area contributed by atoms with E-state index in [0.717, 1.165) is 5.56 Å². The molecular weight excluding hydrogens is 335 g/mol. The summed E-state index contributed by atoms with van der Waals surface area (Å²) >= 11 is 0. The molecule has 0 fully saturated rings. The zero-order chi connectivity index (χ0) is 18.0. The van der Waals surface area contributed by atoms with Crippen LogP contribution in [0.15, 0.2) is 42.5 Å². The second-order valence-electron chi connectivity index (χ2n) is 5.15. The normalized spacial score (nSPS) is 11.4. The molecule has 0 unspecified atom stereocenters. The van der Waals surface area contributed by atoms with Gasteiger partial charge in [0, 0.05) is 5.56 Å². The first-order chi connectivity index (χ1) is 11.8. The van der Waals surface area contributed by atoms with E-state index in [1.54, 1.807) is 24.2 Å². The van der Waals surface area contributed by atoms with Crippen molar-refractivity contribution >= 4 is 11.9 Å². The second-order valence-corrected chi connectivity index (χ2v) is 5.15. The highest BCUT2D eigenvalue weighted by atomic mass is 19.4. The summed E-state index contributed by atoms with van der Waals surface area (Å²) in [6.07, 6.45) is -4.66. The van der Waals surface area contributed by atoms with Crippen LogP contribution in [-0.4, -0.2) is 26.1 Å². The highest BCUT2D eigenvalue weighted by molar-refractivity contribution is 6.04. The van der Waals surface area contributed by atoms with Crippen LogP contribution in [-0.2, 0) is 6.18 Å². The maximum Gasteiger partial charge on any atom is 0.451 e. The molecule has 1 amide bonds. The lowest BCUT2D eigenvalue weighted by atomic mass is 10.1. The molecule has 3 rings (SSSR count). The van der Waals surface area contributed by atoms with Gasteiger partial charge in [-0.2, -0.15) is 18.2 Å². The highest BCUT2D eigenvalue weighted by Gasteiger charge is 2.35. The molecular formula is C16H12F3N5O. The first-order valence-corrected chi connectivity index (χ1v) is 7.18. The lowest BCUT2D eigenvalue weighted by Gasteiger charge is -2.07. The Kier molecular flexibility index (Phi) is 4.22. The molecule has 0 radical (unpaired) electrons. The molecule has 0 aliphatic carbocycles. The number of anilines is 1. The molecule has 2 aromatic heterocycles. The maximum atomic E-state index is 12.5. The van der Waals surface area contributed by atoms with E-state index >= 15 is 0 Å². The number of aryl methyl sites for hydroxylation is 1. The Balaban J connectivity index is 1.80. The second kappa shape index (κ2) is 6.34.